The minimum absolute atomic E-state index is 0. The molecule has 0 spiro atoms. The molecule has 5 nitrogen and oxygen atoms in total. The Kier molecular flexibility index (Phi) is 10.3. The van der Waals surface area contributed by atoms with E-state index in [1.807, 2.05) is 13.8 Å². The zero-order valence-corrected chi connectivity index (χ0v) is 15.7. The molecule has 0 heterocycles. The predicted octanol–water partition coefficient (Wildman–Crippen LogP) is -0.0475. The van der Waals surface area contributed by atoms with Gasteiger partial charge in [0.1, 0.15) is 21.6 Å². The van der Waals surface area contributed by atoms with E-state index in [1.165, 1.54) is 12.1 Å². The van der Waals surface area contributed by atoms with Gasteiger partial charge in [-0.2, -0.15) is 0 Å². The summed E-state index contributed by atoms with van der Waals surface area (Å²) in [6, 6.07) is 4.33. The molecule has 0 aromatic heterocycles. The Morgan fingerprint density at radius 1 is 1.05 bits per heavy atom. The van der Waals surface area contributed by atoms with Crippen molar-refractivity contribution in [2.24, 2.45) is 0 Å². The predicted molar refractivity (Wildman–Crippen MR) is 75.2 cm³/mol. The van der Waals surface area contributed by atoms with E-state index in [0.717, 1.165) is 25.7 Å². The van der Waals surface area contributed by atoms with Crippen LogP contribution >= 0.6 is 0 Å². The van der Waals surface area contributed by atoms with Crippen molar-refractivity contribution in [3.63, 3.8) is 0 Å². The SMILES string of the molecule is CCCCOc1ccc(OCCCC)c(S(=O)(=O)[O-])c1.[Na+]. The van der Waals surface area contributed by atoms with Gasteiger partial charge in [-0.3, -0.25) is 0 Å². The molecule has 0 aliphatic rings. The maximum atomic E-state index is 11.3. The number of hydrogen-bond donors (Lipinski definition) is 0. The average Bonchev–Trinajstić information content (AvgIpc) is 2.39. The van der Waals surface area contributed by atoms with Gasteiger partial charge in [0.05, 0.1) is 18.1 Å². The van der Waals surface area contributed by atoms with E-state index in [1.54, 1.807) is 6.07 Å². The second-order valence-electron chi connectivity index (χ2n) is 4.47. The molecule has 1 rings (SSSR count). The van der Waals surface area contributed by atoms with Gasteiger partial charge in [-0.25, -0.2) is 8.42 Å². The Balaban J connectivity index is 0.00000400. The van der Waals surface area contributed by atoms with Gasteiger partial charge in [0, 0.05) is 6.07 Å². The van der Waals surface area contributed by atoms with Gasteiger partial charge < -0.3 is 14.0 Å². The first-order chi connectivity index (χ1) is 9.49. The molecule has 0 N–H and O–H groups in total. The molecule has 0 fully saturated rings. The summed E-state index contributed by atoms with van der Waals surface area (Å²) in [5, 5.41) is 0. The van der Waals surface area contributed by atoms with Crippen molar-refractivity contribution in [3.8, 4) is 11.5 Å². The van der Waals surface area contributed by atoms with Crippen molar-refractivity contribution in [1.29, 1.82) is 0 Å². The largest absolute Gasteiger partial charge is 1.00 e. The molecular weight excluding hydrogens is 303 g/mol. The van der Waals surface area contributed by atoms with Crippen molar-refractivity contribution in [2.75, 3.05) is 13.2 Å². The van der Waals surface area contributed by atoms with Crippen LogP contribution in [0.1, 0.15) is 39.5 Å². The average molecular weight is 324 g/mol. The molecule has 0 bridgehead atoms. The van der Waals surface area contributed by atoms with Gasteiger partial charge in [-0.15, -0.1) is 0 Å². The summed E-state index contributed by atoms with van der Waals surface area (Å²) in [6.45, 7) is 4.90. The van der Waals surface area contributed by atoms with Crippen LogP contribution in [0.25, 0.3) is 0 Å². The molecular formula is C14H21NaO5S. The molecule has 114 valence electrons. The number of hydrogen-bond acceptors (Lipinski definition) is 5. The summed E-state index contributed by atoms with van der Waals surface area (Å²) in [5.41, 5.74) is 0. The van der Waals surface area contributed by atoms with Crippen molar-refractivity contribution >= 4 is 10.1 Å². The minimum Gasteiger partial charge on any atom is -0.744 e. The minimum atomic E-state index is -4.58. The molecule has 0 atom stereocenters. The van der Waals surface area contributed by atoms with E-state index < -0.39 is 10.1 Å². The number of rotatable bonds is 9. The van der Waals surface area contributed by atoms with Crippen LogP contribution in [0.5, 0.6) is 11.5 Å². The molecule has 0 aliphatic carbocycles. The molecule has 0 saturated heterocycles. The van der Waals surface area contributed by atoms with Crippen LogP contribution in [0.15, 0.2) is 23.1 Å². The van der Waals surface area contributed by atoms with Crippen LogP contribution in [0, 0.1) is 0 Å². The molecule has 0 saturated carbocycles. The van der Waals surface area contributed by atoms with Gasteiger partial charge in [0.15, 0.2) is 0 Å². The van der Waals surface area contributed by atoms with E-state index in [0.29, 0.717) is 19.0 Å². The van der Waals surface area contributed by atoms with Crippen LogP contribution in [0.3, 0.4) is 0 Å². The number of ether oxygens (including phenoxy) is 2. The number of benzene rings is 1. The van der Waals surface area contributed by atoms with Crippen LogP contribution in [-0.4, -0.2) is 26.2 Å². The van der Waals surface area contributed by atoms with Gasteiger partial charge in [-0.05, 0) is 25.0 Å². The maximum absolute atomic E-state index is 11.3. The zero-order valence-electron chi connectivity index (χ0n) is 12.9. The molecule has 1 aromatic carbocycles. The van der Waals surface area contributed by atoms with Crippen molar-refractivity contribution in [2.45, 2.75) is 44.4 Å². The quantitative estimate of drug-likeness (QED) is 0.362. The second kappa shape index (κ2) is 10.5. The maximum Gasteiger partial charge on any atom is 1.00 e. The third-order valence-corrected chi connectivity index (χ3v) is 3.56. The molecule has 0 unspecified atom stereocenters. The van der Waals surface area contributed by atoms with Crippen molar-refractivity contribution in [1.82, 2.24) is 0 Å². The Labute approximate surface area is 149 Å². The molecule has 0 radical (unpaired) electrons. The molecule has 7 heteroatoms. The monoisotopic (exact) mass is 324 g/mol. The van der Waals surface area contributed by atoms with Crippen LogP contribution in [-0.2, 0) is 10.1 Å². The first-order valence-corrected chi connectivity index (χ1v) is 8.25. The first kappa shape index (κ1) is 20.7. The summed E-state index contributed by atoms with van der Waals surface area (Å²) in [7, 11) is -4.58. The third-order valence-electron chi connectivity index (χ3n) is 2.71. The Morgan fingerprint density at radius 2 is 1.62 bits per heavy atom. The smallest absolute Gasteiger partial charge is 0.744 e. The van der Waals surface area contributed by atoms with Gasteiger partial charge in [-0.1, -0.05) is 26.7 Å². The van der Waals surface area contributed by atoms with E-state index in [-0.39, 0.29) is 40.2 Å². The summed E-state index contributed by atoms with van der Waals surface area (Å²) in [6.07, 6.45) is 3.57. The standard InChI is InChI=1S/C14H22O5S.Na/c1-3-5-9-18-12-7-8-13(19-10-6-4-2)14(11-12)20(15,16)17;/h7-8,11H,3-6,9-10H2,1-2H3,(H,15,16,17);/q;+1/p-1. The molecule has 0 amide bonds. The van der Waals surface area contributed by atoms with E-state index in [9.17, 15) is 13.0 Å². The normalized spacial score (nSPS) is 10.8. The van der Waals surface area contributed by atoms with E-state index in [4.69, 9.17) is 9.47 Å². The number of unbranched alkanes of at least 4 members (excludes halogenated alkanes) is 2. The molecule has 0 aliphatic heterocycles. The van der Waals surface area contributed by atoms with Crippen molar-refractivity contribution < 1.29 is 52.0 Å². The first-order valence-electron chi connectivity index (χ1n) is 6.84. The Hall–Kier alpha value is -0.270. The summed E-state index contributed by atoms with van der Waals surface area (Å²) in [4.78, 5) is -0.359. The van der Waals surface area contributed by atoms with E-state index >= 15 is 0 Å². The van der Waals surface area contributed by atoms with E-state index in [2.05, 4.69) is 0 Å². The second-order valence-corrected chi connectivity index (χ2v) is 5.81. The van der Waals surface area contributed by atoms with Gasteiger partial charge in [0.2, 0.25) is 0 Å². The van der Waals surface area contributed by atoms with Crippen LogP contribution in [0.4, 0.5) is 0 Å². The third kappa shape index (κ3) is 7.51. The summed E-state index contributed by atoms with van der Waals surface area (Å²) in [5.74, 6) is 0.465. The fourth-order valence-electron chi connectivity index (χ4n) is 1.55. The fraction of sp³-hybridized carbons (Fsp3) is 0.571. The topological polar surface area (TPSA) is 75.7 Å². The van der Waals surface area contributed by atoms with Crippen molar-refractivity contribution in [3.05, 3.63) is 18.2 Å². The van der Waals surface area contributed by atoms with Gasteiger partial charge >= 0.3 is 29.6 Å². The molecule has 1 aromatic rings. The summed E-state index contributed by atoms with van der Waals surface area (Å²) < 4.78 is 44.6. The van der Waals surface area contributed by atoms with Crippen LogP contribution in [0.2, 0.25) is 0 Å². The summed E-state index contributed by atoms with van der Waals surface area (Å²) >= 11 is 0. The van der Waals surface area contributed by atoms with Gasteiger partial charge in [0.25, 0.3) is 0 Å². The fourth-order valence-corrected chi connectivity index (χ4v) is 2.19. The molecule has 21 heavy (non-hydrogen) atoms. The Morgan fingerprint density at radius 3 is 2.14 bits per heavy atom. The van der Waals surface area contributed by atoms with Crippen LogP contribution < -0.4 is 39.0 Å². The Bertz CT molecular complexity index is 516. The zero-order chi connectivity index (χ0) is 15.0.